The van der Waals surface area contributed by atoms with Gasteiger partial charge < -0.3 is 10.2 Å². The molecule has 2 aliphatic rings. The number of hydrogen-bond donors (Lipinski definition) is 1. The number of nitrogens with one attached hydrogen (secondary N) is 1. The summed E-state index contributed by atoms with van der Waals surface area (Å²) in [5, 5.41) is 3.20. The van der Waals surface area contributed by atoms with Crippen molar-refractivity contribution < 1.29 is 18.0 Å². The van der Waals surface area contributed by atoms with Crippen LogP contribution in [0.25, 0.3) is 0 Å². The zero-order valence-corrected chi connectivity index (χ0v) is 14.2. The first-order valence-corrected chi connectivity index (χ1v) is 7.20. The lowest BCUT2D eigenvalue weighted by Gasteiger charge is -2.40. The van der Waals surface area contributed by atoms with Crippen molar-refractivity contribution in [2.75, 3.05) is 39.3 Å². The number of hydrogen-bond acceptors (Lipinski definition) is 3. The van der Waals surface area contributed by atoms with E-state index in [4.69, 9.17) is 0 Å². The molecular weight excluding hydrogens is 342 g/mol. The average molecular weight is 366 g/mol. The molecular formula is C13H24Cl2F3N3O. The van der Waals surface area contributed by atoms with Crippen molar-refractivity contribution in [1.29, 1.82) is 0 Å². The minimum Gasteiger partial charge on any atom is -0.340 e. The molecule has 0 aliphatic carbocycles. The Kier molecular flexibility index (Phi) is 9.05. The number of alkyl halides is 3. The van der Waals surface area contributed by atoms with Gasteiger partial charge in [0, 0.05) is 32.7 Å². The van der Waals surface area contributed by atoms with Crippen LogP contribution >= 0.6 is 24.8 Å². The Balaban J connectivity index is 0.00000220. The summed E-state index contributed by atoms with van der Waals surface area (Å²) in [4.78, 5) is 15.4. The Morgan fingerprint density at radius 3 is 2.23 bits per heavy atom. The van der Waals surface area contributed by atoms with Crippen molar-refractivity contribution in [3.05, 3.63) is 0 Å². The summed E-state index contributed by atoms with van der Waals surface area (Å²) in [5.74, 6) is 0.0897. The summed E-state index contributed by atoms with van der Waals surface area (Å²) in [6.45, 7) is 4.21. The Bertz CT molecular complexity index is 344. The van der Waals surface area contributed by atoms with Crippen LogP contribution in [-0.4, -0.2) is 67.2 Å². The van der Waals surface area contributed by atoms with Gasteiger partial charge in [-0.1, -0.05) is 0 Å². The third-order valence-electron chi connectivity index (χ3n) is 4.29. The van der Waals surface area contributed by atoms with E-state index in [9.17, 15) is 18.0 Å². The molecule has 2 aliphatic heterocycles. The summed E-state index contributed by atoms with van der Waals surface area (Å²) < 4.78 is 37.9. The Morgan fingerprint density at radius 2 is 1.77 bits per heavy atom. The Morgan fingerprint density at radius 1 is 1.18 bits per heavy atom. The maximum absolute atomic E-state index is 12.6. The number of carbonyl (C=O) groups is 1. The molecule has 0 aromatic heterocycles. The van der Waals surface area contributed by atoms with E-state index >= 15 is 0 Å². The van der Waals surface area contributed by atoms with E-state index in [0.29, 0.717) is 32.7 Å². The smallest absolute Gasteiger partial charge is 0.340 e. The van der Waals surface area contributed by atoms with Gasteiger partial charge in [-0.2, -0.15) is 13.2 Å². The number of piperazine rings is 1. The lowest BCUT2D eigenvalue weighted by Crippen LogP contribution is -2.56. The van der Waals surface area contributed by atoms with Crippen molar-refractivity contribution in [1.82, 2.24) is 15.1 Å². The first-order valence-electron chi connectivity index (χ1n) is 7.20. The highest BCUT2D eigenvalue weighted by atomic mass is 35.5. The first kappa shape index (κ1) is 21.8. The number of halogens is 5. The average Bonchev–Trinajstić information content (AvgIpc) is 2.46. The van der Waals surface area contributed by atoms with Crippen molar-refractivity contribution in [2.24, 2.45) is 5.92 Å². The standard InChI is InChI=1S/C13H22F3N3O.2ClH/c1-10(13(14,15)16)18-5-7-19(8-6-18)12(20)11-3-2-4-17-9-11;;/h10-11,17H,2-9H2,1H3;2*1H. The lowest BCUT2D eigenvalue weighted by atomic mass is 9.98. The predicted molar refractivity (Wildman–Crippen MR) is 83.8 cm³/mol. The van der Waals surface area contributed by atoms with Gasteiger partial charge in [0.25, 0.3) is 0 Å². The van der Waals surface area contributed by atoms with Gasteiger partial charge in [-0.3, -0.25) is 9.69 Å². The molecule has 0 saturated carbocycles. The van der Waals surface area contributed by atoms with Crippen LogP contribution in [0, 0.1) is 5.92 Å². The van der Waals surface area contributed by atoms with Gasteiger partial charge in [-0.05, 0) is 26.3 Å². The van der Waals surface area contributed by atoms with E-state index in [1.807, 2.05) is 0 Å². The molecule has 2 heterocycles. The highest BCUT2D eigenvalue weighted by molar-refractivity contribution is 5.85. The molecule has 0 aromatic carbocycles. The second kappa shape index (κ2) is 9.15. The Hall–Kier alpha value is -0.240. The third kappa shape index (κ3) is 5.44. The normalized spacial score (nSPS) is 24.9. The van der Waals surface area contributed by atoms with E-state index in [0.717, 1.165) is 19.4 Å². The molecule has 0 aromatic rings. The molecule has 22 heavy (non-hydrogen) atoms. The Labute approximate surface area is 141 Å². The van der Waals surface area contributed by atoms with E-state index in [2.05, 4.69) is 5.32 Å². The SMILES string of the molecule is CC(N1CCN(C(=O)C2CCCNC2)CC1)C(F)(F)F.Cl.Cl. The summed E-state index contributed by atoms with van der Waals surface area (Å²) in [5.41, 5.74) is 0. The molecule has 4 nitrogen and oxygen atoms in total. The minimum atomic E-state index is -4.19. The molecule has 2 rings (SSSR count). The van der Waals surface area contributed by atoms with Crippen LogP contribution in [0.3, 0.4) is 0 Å². The fourth-order valence-corrected chi connectivity index (χ4v) is 2.86. The van der Waals surface area contributed by atoms with E-state index in [1.165, 1.54) is 11.8 Å². The van der Waals surface area contributed by atoms with Gasteiger partial charge >= 0.3 is 6.18 Å². The fourth-order valence-electron chi connectivity index (χ4n) is 2.86. The number of nitrogens with zero attached hydrogens (tertiary/aromatic N) is 2. The van der Waals surface area contributed by atoms with Gasteiger partial charge in [0.15, 0.2) is 0 Å². The first-order chi connectivity index (χ1) is 9.39. The van der Waals surface area contributed by atoms with Crippen LogP contribution in [-0.2, 0) is 4.79 Å². The quantitative estimate of drug-likeness (QED) is 0.811. The third-order valence-corrected chi connectivity index (χ3v) is 4.29. The second-order valence-electron chi connectivity index (χ2n) is 5.62. The van der Waals surface area contributed by atoms with Crippen molar-refractivity contribution >= 4 is 30.7 Å². The van der Waals surface area contributed by atoms with Crippen molar-refractivity contribution in [2.45, 2.75) is 32.0 Å². The molecule has 0 spiro atoms. The number of rotatable bonds is 2. The topological polar surface area (TPSA) is 35.6 Å². The zero-order valence-electron chi connectivity index (χ0n) is 12.6. The maximum Gasteiger partial charge on any atom is 0.403 e. The highest BCUT2D eigenvalue weighted by Gasteiger charge is 2.41. The largest absolute Gasteiger partial charge is 0.403 e. The molecule has 1 N–H and O–H groups in total. The van der Waals surface area contributed by atoms with E-state index in [1.54, 1.807) is 4.90 Å². The van der Waals surface area contributed by atoms with Crippen LogP contribution < -0.4 is 5.32 Å². The van der Waals surface area contributed by atoms with Crippen molar-refractivity contribution in [3.63, 3.8) is 0 Å². The molecule has 2 unspecified atom stereocenters. The van der Waals surface area contributed by atoms with E-state index < -0.39 is 12.2 Å². The van der Waals surface area contributed by atoms with Gasteiger partial charge in [-0.25, -0.2) is 0 Å². The van der Waals surface area contributed by atoms with Crippen LogP contribution in [0.5, 0.6) is 0 Å². The molecule has 0 bridgehead atoms. The monoisotopic (exact) mass is 365 g/mol. The van der Waals surface area contributed by atoms with Crippen LogP contribution in [0.15, 0.2) is 0 Å². The zero-order chi connectivity index (χ0) is 14.8. The summed E-state index contributed by atoms with van der Waals surface area (Å²) in [7, 11) is 0. The van der Waals surface area contributed by atoms with Gasteiger partial charge in [-0.15, -0.1) is 24.8 Å². The highest BCUT2D eigenvalue weighted by Crippen LogP contribution is 2.25. The predicted octanol–water partition coefficient (Wildman–Crippen LogP) is 1.92. The molecule has 2 atom stereocenters. The van der Waals surface area contributed by atoms with Crippen LogP contribution in [0.4, 0.5) is 13.2 Å². The summed E-state index contributed by atoms with van der Waals surface area (Å²) in [6, 6.07) is -1.43. The van der Waals surface area contributed by atoms with Crippen LogP contribution in [0.2, 0.25) is 0 Å². The minimum absolute atomic E-state index is 0. The summed E-state index contributed by atoms with van der Waals surface area (Å²) >= 11 is 0. The lowest BCUT2D eigenvalue weighted by molar-refractivity contribution is -0.183. The molecule has 2 saturated heterocycles. The second-order valence-corrected chi connectivity index (χ2v) is 5.62. The number of amides is 1. The fraction of sp³-hybridized carbons (Fsp3) is 0.923. The van der Waals surface area contributed by atoms with Gasteiger partial charge in [0.2, 0.25) is 5.91 Å². The van der Waals surface area contributed by atoms with Crippen LogP contribution in [0.1, 0.15) is 19.8 Å². The molecule has 132 valence electrons. The van der Waals surface area contributed by atoms with Gasteiger partial charge in [0.1, 0.15) is 6.04 Å². The van der Waals surface area contributed by atoms with Gasteiger partial charge in [0.05, 0.1) is 5.92 Å². The summed E-state index contributed by atoms with van der Waals surface area (Å²) in [6.07, 6.45) is -2.33. The van der Waals surface area contributed by atoms with Crippen molar-refractivity contribution in [3.8, 4) is 0 Å². The molecule has 2 fully saturated rings. The molecule has 0 radical (unpaired) electrons. The molecule has 1 amide bonds. The maximum atomic E-state index is 12.6. The number of carbonyl (C=O) groups excluding carboxylic acids is 1. The van der Waals surface area contributed by atoms with E-state index in [-0.39, 0.29) is 36.6 Å². The molecule has 9 heteroatoms. The number of piperidine rings is 1.